The largest absolute Gasteiger partial charge is 0.0656 e. The highest BCUT2D eigenvalue weighted by molar-refractivity contribution is 8.15. The van der Waals surface area contributed by atoms with Gasteiger partial charge in [0.05, 0.1) is 0 Å². The van der Waals surface area contributed by atoms with Gasteiger partial charge in [-0.15, -0.1) is 0 Å². The van der Waals surface area contributed by atoms with Gasteiger partial charge < -0.3 is 0 Å². The van der Waals surface area contributed by atoms with E-state index in [4.69, 9.17) is 0 Å². The third-order valence-corrected chi connectivity index (χ3v) is 141. The Morgan fingerprint density at radius 3 is 0.257 bits per heavy atom. The van der Waals surface area contributed by atoms with Crippen molar-refractivity contribution >= 4 is 35.5 Å². The van der Waals surface area contributed by atoms with Crippen molar-refractivity contribution in [2.24, 2.45) is 0 Å². The zero-order valence-electron chi connectivity index (χ0n) is 28.3. The van der Waals surface area contributed by atoms with Crippen LogP contribution in [0, 0.1) is 0 Å². The highest BCUT2D eigenvalue weighted by atomic mass is 30.2. The minimum absolute atomic E-state index is 0.937. The summed E-state index contributed by atoms with van der Waals surface area (Å²) in [6.45, 7) is 56.0. The fourth-order valence-electron chi connectivity index (χ4n) is 14.6. The SMILES string of the molecule is CC(C)[Si]1(C(C)C)[Si](C(C)C)(C(C)C)[Si](C(C)C)(C(C)C)[Si](C(C)C)(C(C)C)[Si]1(C(C)C)C(C)C. The molecule has 0 aromatic heterocycles. The molecule has 1 saturated heterocycles. The summed E-state index contributed by atoms with van der Waals surface area (Å²) >= 11 is 0. The monoisotopic (exact) mass is 570 g/mol. The summed E-state index contributed by atoms with van der Waals surface area (Å²) in [6.07, 6.45) is 0. The topological polar surface area (TPSA) is 0 Å². The second-order valence-electron chi connectivity index (χ2n) is 15.9. The Balaban J connectivity index is 5.17. The first kappa shape index (κ1) is 34.1. The van der Waals surface area contributed by atoms with Crippen molar-refractivity contribution in [2.45, 2.75) is 194 Å². The van der Waals surface area contributed by atoms with Gasteiger partial charge in [-0.25, -0.2) is 0 Å². The van der Waals surface area contributed by atoms with Crippen molar-refractivity contribution in [3.8, 4) is 0 Å². The van der Waals surface area contributed by atoms with Crippen LogP contribution < -0.4 is 0 Å². The standard InChI is InChI=1S/C30H70Si5/c1-21(2)31(22(3)4)32(23(5)6,24(7)8)34(27(13)14,28(15)16)35(29(17)18,30(19)20)33(31,25(9)10)26(11)12/h21-30H,1-20H3. The lowest BCUT2D eigenvalue weighted by Crippen LogP contribution is -2.84. The molecule has 5 heteroatoms. The molecule has 1 aliphatic rings. The summed E-state index contributed by atoms with van der Waals surface area (Å²) in [5, 5.41) is 0. The number of hydrogen-bond donors (Lipinski definition) is 0. The Kier molecular flexibility index (Phi) is 10.6. The Bertz CT molecular complexity index is 500. The highest BCUT2D eigenvalue weighted by Gasteiger charge is 2.93. The van der Waals surface area contributed by atoms with E-state index in [9.17, 15) is 0 Å². The average Bonchev–Trinajstić information content (AvgIpc) is 2.89. The van der Waals surface area contributed by atoms with Crippen LogP contribution in [0.5, 0.6) is 0 Å². The minimum atomic E-state index is -1.72. The molecule has 0 radical (unpaired) electrons. The van der Waals surface area contributed by atoms with Gasteiger partial charge in [0.2, 0.25) is 0 Å². The van der Waals surface area contributed by atoms with Gasteiger partial charge in [-0.2, -0.15) is 0 Å². The second-order valence-corrected chi connectivity index (χ2v) is 68.4. The van der Waals surface area contributed by atoms with E-state index in [1.54, 1.807) is 0 Å². The average molecular weight is 571 g/mol. The van der Waals surface area contributed by atoms with Crippen LogP contribution in [0.2, 0.25) is 55.4 Å². The molecule has 1 aliphatic heterocycles. The third kappa shape index (κ3) is 3.41. The van der Waals surface area contributed by atoms with Gasteiger partial charge in [-0.05, 0) is 0 Å². The van der Waals surface area contributed by atoms with E-state index in [1.807, 2.05) is 0 Å². The summed E-state index contributed by atoms with van der Waals surface area (Å²) in [5.74, 6) is 0. The summed E-state index contributed by atoms with van der Waals surface area (Å²) in [7, 11) is -8.60. The van der Waals surface area contributed by atoms with Crippen LogP contribution in [-0.2, 0) is 0 Å². The third-order valence-electron chi connectivity index (χ3n) is 12.5. The maximum absolute atomic E-state index is 2.80. The maximum Gasteiger partial charge on any atom is 0.0437 e. The molecular weight excluding hydrogens is 501 g/mol. The molecule has 0 spiro atoms. The van der Waals surface area contributed by atoms with Gasteiger partial charge in [0.1, 0.15) is 0 Å². The smallest absolute Gasteiger partial charge is 0.0437 e. The van der Waals surface area contributed by atoms with Crippen LogP contribution in [0.4, 0.5) is 0 Å². The van der Waals surface area contributed by atoms with Gasteiger partial charge in [0, 0.05) is 35.5 Å². The van der Waals surface area contributed by atoms with E-state index in [-0.39, 0.29) is 0 Å². The molecule has 0 amide bonds. The lowest BCUT2D eigenvalue weighted by atomic mass is 10.5. The molecule has 0 unspecified atom stereocenters. The molecule has 35 heavy (non-hydrogen) atoms. The zero-order chi connectivity index (χ0) is 28.3. The maximum atomic E-state index is 2.80. The van der Waals surface area contributed by atoms with Gasteiger partial charge >= 0.3 is 0 Å². The van der Waals surface area contributed by atoms with Crippen LogP contribution in [0.1, 0.15) is 138 Å². The van der Waals surface area contributed by atoms with E-state index in [1.165, 1.54) is 0 Å². The normalized spacial score (nSPS) is 23.1. The van der Waals surface area contributed by atoms with E-state index < -0.39 is 35.5 Å². The quantitative estimate of drug-likeness (QED) is 0.229. The van der Waals surface area contributed by atoms with E-state index in [0.29, 0.717) is 0 Å². The van der Waals surface area contributed by atoms with E-state index in [0.717, 1.165) is 55.4 Å². The van der Waals surface area contributed by atoms with Crippen LogP contribution in [0.25, 0.3) is 0 Å². The minimum Gasteiger partial charge on any atom is -0.0656 e. The lowest BCUT2D eigenvalue weighted by molar-refractivity contribution is 0.864. The van der Waals surface area contributed by atoms with Crippen molar-refractivity contribution in [1.82, 2.24) is 0 Å². The molecule has 0 aromatic rings. The van der Waals surface area contributed by atoms with Crippen LogP contribution in [-0.4, -0.2) is 35.5 Å². The molecule has 0 atom stereocenters. The molecule has 0 saturated carbocycles. The summed E-state index contributed by atoms with van der Waals surface area (Å²) < 4.78 is 0. The van der Waals surface area contributed by atoms with Crippen molar-refractivity contribution in [1.29, 1.82) is 0 Å². The molecule has 210 valence electrons. The summed E-state index contributed by atoms with van der Waals surface area (Å²) in [5.41, 5.74) is 9.37. The molecule has 0 nitrogen and oxygen atoms in total. The van der Waals surface area contributed by atoms with Crippen molar-refractivity contribution < 1.29 is 0 Å². The van der Waals surface area contributed by atoms with E-state index >= 15 is 0 Å². The Labute approximate surface area is 228 Å². The molecule has 0 aliphatic carbocycles. The van der Waals surface area contributed by atoms with Gasteiger partial charge in [0.15, 0.2) is 0 Å². The fourth-order valence-corrected chi connectivity index (χ4v) is 267. The molecule has 1 heterocycles. The predicted octanol–water partition coefficient (Wildman–Crippen LogP) is 11.7. The van der Waals surface area contributed by atoms with Crippen molar-refractivity contribution in [3.63, 3.8) is 0 Å². The Morgan fingerprint density at radius 2 is 0.229 bits per heavy atom. The Morgan fingerprint density at radius 1 is 0.171 bits per heavy atom. The van der Waals surface area contributed by atoms with Crippen molar-refractivity contribution in [2.75, 3.05) is 0 Å². The van der Waals surface area contributed by atoms with Gasteiger partial charge in [-0.1, -0.05) is 194 Å². The van der Waals surface area contributed by atoms with Crippen LogP contribution in [0.3, 0.4) is 0 Å². The second kappa shape index (κ2) is 10.9. The lowest BCUT2D eigenvalue weighted by Gasteiger charge is -2.66. The first-order valence-corrected chi connectivity index (χ1v) is 31.5. The highest BCUT2D eigenvalue weighted by Crippen LogP contribution is 2.77. The molecule has 1 fully saturated rings. The first-order chi connectivity index (χ1) is 15.7. The zero-order valence-corrected chi connectivity index (χ0v) is 33.3. The number of rotatable bonds is 10. The molecular formula is C30H70Si5. The van der Waals surface area contributed by atoms with Gasteiger partial charge in [-0.3, -0.25) is 0 Å². The van der Waals surface area contributed by atoms with E-state index in [2.05, 4.69) is 138 Å². The number of hydrogen-bond acceptors (Lipinski definition) is 0. The first-order valence-electron chi connectivity index (χ1n) is 15.7. The van der Waals surface area contributed by atoms with Crippen LogP contribution in [0.15, 0.2) is 0 Å². The molecule has 1 rings (SSSR count). The summed E-state index contributed by atoms with van der Waals surface area (Å²) in [6, 6.07) is 0. The fraction of sp³-hybridized carbons (Fsp3) is 1.00. The predicted molar refractivity (Wildman–Crippen MR) is 180 cm³/mol. The van der Waals surface area contributed by atoms with Crippen molar-refractivity contribution in [3.05, 3.63) is 0 Å². The summed E-state index contributed by atoms with van der Waals surface area (Å²) in [4.78, 5) is 0. The molecule has 0 bridgehead atoms. The molecule has 0 N–H and O–H groups in total. The van der Waals surface area contributed by atoms with Gasteiger partial charge in [0.25, 0.3) is 0 Å². The Hall–Kier alpha value is 1.08. The molecule has 0 aromatic carbocycles. The van der Waals surface area contributed by atoms with Crippen LogP contribution >= 0.6 is 0 Å².